The Morgan fingerprint density at radius 1 is 1.16 bits per heavy atom. The Hall–Kier alpha value is -1.99. The summed E-state index contributed by atoms with van der Waals surface area (Å²) in [5, 5.41) is 16.9. The van der Waals surface area contributed by atoms with Gasteiger partial charge in [-0.25, -0.2) is 9.78 Å². The lowest BCUT2D eigenvalue weighted by molar-refractivity contribution is -0.134. The number of anilines is 1. The number of hydrogen-bond acceptors (Lipinski definition) is 5. The third-order valence-corrected chi connectivity index (χ3v) is 9.46. The van der Waals surface area contributed by atoms with Crippen molar-refractivity contribution in [3.63, 3.8) is 0 Å². The highest BCUT2D eigenvalue weighted by Crippen LogP contribution is 2.49. The summed E-state index contributed by atoms with van der Waals surface area (Å²) in [6.45, 7) is 4.24. The van der Waals surface area contributed by atoms with Gasteiger partial charge in [-0.2, -0.15) is 0 Å². The average Bonchev–Trinajstić information content (AvgIpc) is 3.35. The van der Waals surface area contributed by atoms with Gasteiger partial charge in [-0.15, -0.1) is 22.7 Å². The largest absolute Gasteiger partial charge is 0.478 e. The quantitative estimate of drug-likeness (QED) is 0.593. The molecule has 0 aromatic carbocycles. The van der Waals surface area contributed by atoms with Gasteiger partial charge in [0.2, 0.25) is 0 Å². The highest BCUT2D eigenvalue weighted by molar-refractivity contribution is 7.18. The molecule has 4 aliphatic carbocycles. The molecule has 2 aromatic heterocycles. The molecule has 5 nitrogen and oxygen atoms in total. The Morgan fingerprint density at radius 2 is 1.87 bits per heavy atom. The summed E-state index contributed by atoms with van der Waals surface area (Å²) in [4.78, 5) is 31.5. The van der Waals surface area contributed by atoms with Gasteiger partial charge in [0.25, 0.3) is 5.91 Å². The molecule has 2 N–H and O–H groups in total. The molecular weight excluding hydrogens is 428 g/mol. The van der Waals surface area contributed by atoms with E-state index in [1.807, 2.05) is 12.3 Å². The Labute approximate surface area is 190 Å². The van der Waals surface area contributed by atoms with Crippen LogP contribution < -0.4 is 5.32 Å². The highest BCUT2D eigenvalue weighted by atomic mass is 32.1. The molecule has 31 heavy (non-hydrogen) atoms. The van der Waals surface area contributed by atoms with Gasteiger partial charge < -0.3 is 10.4 Å². The number of thiophene rings is 1. The van der Waals surface area contributed by atoms with Crippen LogP contribution in [-0.4, -0.2) is 22.0 Å². The first-order valence-electron chi connectivity index (χ1n) is 11.3. The number of aliphatic carboxylic acids is 1. The van der Waals surface area contributed by atoms with Crippen molar-refractivity contribution in [2.24, 2.45) is 17.8 Å². The Balaban J connectivity index is 1.55. The number of fused-ring (bicyclic) bond motifs is 3. The fourth-order valence-electron chi connectivity index (χ4n) is 5.66. The predicted octanol–water partition coefficient (Wildman–Crippen LogP) is 5.83. The maximum atomic E-state index is 13.5. The van der Waals surface area contributed by atoms with E-state index in [0.29, 0.717) is 17.1 Å². The van der Waals surface area contributed by atoms with Crippen LogP contribution in [0.5, 0.6) is 0 Å². The van der Waals surface area contributed by atoms with Crippen molar-refractivity contribution in [3.05, 3.63) is 32.7 Å². The molecular formula is C24H28N2O3S2. The normalized spacial score (nSPS) is 24.9. The first-order valence-corrected chi connectivity index (χ1v) is 13.0. The maximum absolute atomic E-state index is 13.5. The fraction of sp³-hybridized carbons (Fsp3) is 0.542. The van der Waals surface area contributed by atoms with E-state index >= 15 is 0 Å². The molecule has 0 unspecified atom stereocenters. The van der Waals surface area contributed by atoms with Crippen molar-refractivity contribution >= 4 is 39.6 Å². The smallest absolute Gasteiger partial charge is 0.332 e. The second-order valence-electron chi connectivity index (χ2n) is 9.15. The van der Waals surface area contributed by atoms with Crippen molar-refractivity contribution in [2.75, 3.05) is 5.32 Å². The van der Waals surface area contributed by atoms with Crippen molar-refractivity contribution in [2.45, 2.75) is 65.2 Å². The van der Waals surface area contributed by atoms with Crippen LogP contribution in [0.4, 0.5) is 5.00 Å². The summed E-state index contributed by atoms with van der Waals surface area (Å²) < 4.78 is 0. The standard InChI is InChI=1S/C24H28N2O3S2/c1-3-13-4-9-16-17(10-13)31-23(20(16)22-25-12(2)11-30-22)26-21(27)18-14-5-7-15(8-6-14)19(18)24(28)29/h11,13-15H,3-10H2,1-2H3,(H,26,27)(H,28,29)/t13-,14?,15?/m1/s1. The number of carboxylic acids is 1. The number of thiazole rings is 1. The van der Waals surface area contributed by atoms with Crippen LogP contribution in [0.1, 0.15) is 61.6 Å². The van der Waals surface area contributed by atoms with Gasteiger partial charge in [-0.1, -0.05) is 13.3 Å². The number of carboxylic acid groups (broad SMARTS) is 1. The van der Waals surface area contributed by atoms with E-state index in [1.165, 1.54) is 23.3 Å². The SMILES string of the molecule is CC[C@@H]1CCc2c(sc(NC(=O)C3=C(C(=O)O)C4CCC3CC4)c2-c2nc(C)cs2)C1. The minimum Gasteiger partial charge on any atom is -0.478 e. The lowest BCUT2D eigenvalue weighted by Gasteiger charge is -2.37. The number of nitrogens with zero attached hydrogens (tertiary/aromatic N) is 1. The Morgan fingerprint density at radius 3 is 2.48 bits per heavy atom. The van der Waals surface area contributed by atoms with Crippen molar-refractivity contribution < 1.29 is 14.7 Å². The van der Waals surface area contributed by atoms with Crippen molar-refractivity contribution in [3.8, 4) is 10.6 Å². The number of aromatic nitrogens is 1. The van der Waals surface area contributed by atoms with Crippen LogP contribution in [0.3, 0.4) is 0 Å². The minimum atomic E-state index is -0.924. The zero-order valence-corrected chi connectivity index (χ0v) is 19.6. The van der Waals surface area contributed by atoms with Crippen LogP contribution in [0.15, 0.2) is 16.5 Å². The number of carbonyl (C=O) groups excluding carboxylic acids is 1. The van der Waals surface area contributed by atoms with Crippen LogP contribution in [0, 0.1) is 24.7 Å². The minimum absolute atomic E-state index is 0.0196. The molecule has 0 saturated heterocycles. The number of aryl methyl sites for hydroxylation is 1. The van der Waals surface area contributed by atoms with Gasteiger partial charge >= 0.3 is 5.97 Å². The van der Waals surface area contributed by atoms with E-state index in [1.54, 1.807) is 22.7 Å². The van der Waals surface area contributed by atoms with E-state index in [9.17, 15) is 14.7 Å². The third-order valence-electron chi connectivity index (χ3n) is 7.31. The highest BCUT2D eigenvalue weighted by Gasteiger charge is 2.41. The van der Waals surface area contributed by atoms with E-state index in [4.69, 9.17) is 4.98 Å². The van der Waals surface area contributed by atoms with E-state index in [0.717, 1.165) is 59.8 Å². The van der Waals surface area contributed by atoms with Gasteiger partial charge in [0.05, 0.1) is 0 Å². The number of hydrogen-bond donors (Lipinski definition) is 2. The van der Waals surface area contributed by atoms with Crippen molar-refractivity contribution in [1.82, 2.24) is 4.98 Å². The molecule has 6 rings (SSSR count). The molecule has 0 spiro atoms. The Kier molecular flexibility index (Phi) is 5.51. The Bertz CT molecular complexity index is 1070. The summed E-state index contributed by atoms with van der Waals surface area (Å²) in [6, 6.07) is 0. The van der Waals surface area contributed by atoms with Crippen LogP contribution >= 0.6 is 22.7 Å². The molecule has 1 amide bonds. The second-order valence-corrected chi connectivity index (χ2v) is 11.1. The molecule has 1 fully saturated rings. The van der Waals surface area contributed by atoms with Gasteiger partial charge in [0.1, 0.15) is 10.0 Å². The average molecular weight is 457 g/mol. The fourth-order valence-corrected chi connectivity index (χ4v) is 7.96. The van der Waals surface area contributed by atoms with Crippen LogP contribution in [0.25, 0.3) is 10.6 Å². The molecule has 2 heterocycles. The predicted molar refractivity (Wildman–Crippen MR) is 125 cm³/mol. The number of rotatable bonds is 5. The lowest BCUT2D eigenvalue weighted by atomic mass is 9.66. The summed E-state index contributed by atoms with van der Waals surface area (Å²) in [5.74, 6) is -0.360. The van der Waals surface area contributed by atoms with E-state index in [-0.39, 0.29) is 17.7 Å². The number of amides is 1. The van der Waals surface area contributed by atoms with Crippen LogP contribution in [-0.2, 0) is 22.4 Å². The molecule has 2 bridgehead atoms. The topological polar surface area (TPSA) is 79.3 Å². The van der Waals surface area contributed by atoms with Crippen LogP contribution in [0.2, 0.25) is 0 Å². The van der Waals surface area contributed by atoms with Gasteiger partial charge in [0, 0.05) is 32.7 Å². The number of nitrogens with one attached hydrogen (secondary N) is 1. The van der Waals surface area contributed by atoms with Gasteiger partial charge in [-0.05, 0) is 75.2 Å². The first kappa shape index (κ1) is 20.9. The van der Waals surface area contributed by atoms with Gasteiger partial charge in [0.15, 0.2) is 0 Å². The molecule has 0 aliphatic heterocycles. The molecule has 0 radical (unpaired) electrons. The monoisotopic (exact) mass is 456 g/mol. The summed E-state index contributed by atoms with van der Waals surface area (Å²) >= 11 is 3.29. The molecule has 2 aromatic rings. The molecule has 4 aliphatic rings. The van der Waals surface area contributed by atoms with E-state index in [2.05, 4.69) is 12.2 Å². The molecule has 1 atom stereocenters. The number of carbonyl (C=O) groups is 2. The summed E-state index contributed by atoms with van der Waals surface area (Å²) in [7, 11) is 0. The summed E-state index contributed by atoms with van der Waals surface area (Å²) in [6.07, 6.45) is 8.02. The molecule has 1 saturated carbocycles. The zero-order valence-electron chi connectivity index (χ0n) is 18.0. The molecule has 164 valence electrons. The lowest BCUT2D eigenvalue weighted by Crippen LogP contribution is -2.35. The van der Waals surface area contributed by atoms with E-state index < -0.39 is 5.97 Å². The third kappa shape index (κ3) is 3.65. The summed E-state index contributed by atoms with van der Waals surface area (Å²) in [5.41, 5.74) is 4.27. The second kappa shape index (κ2) is 8.17. The molecule has 7 heteroatoms. The van der Waals surface area contributed by atoms with Gasteiger partial charge in [-0.3, -0.25) is 4.79 Å². The van der Waals surface area contributed by atoms with Crippen molar-refractivity contribution in [1.29, 1.82) is 0 Å². The zero-order chi connectivity index (χ0) is 21.7. The maximum Gasteiger partial charge on any atom is 0.332 e. The first-order chi connectivity index (χ1) is 15.0.